The third-order valence-corrected chi connectivity index (χ3v) is 14.1. The minimum atomic E-state index is -1.03. The maximum atomic E-state index is 12.0. The summed E-state index contributed by atoms with van der Waals surface area (Å²) < 4.78 is 12.9. The van der Waals surface area contributed by atoms with Gasteiger partial charge in [-0.15, -0.1) is 0 Å². The Labute approximate surface area is 333 Å². The lowest BCUT2D eigenvalue weighted by molar-refractivity contribution is -0.0602. The van der Waals surface area contributed by atoms with Gasteiger partial charge in [0.2, 0.25) is 0 Å². The van der Waals surface area contributed by atoms with Crippen molar-refractivity contribution in [1.82, 2.24) is 10.3 Å². The number of phenols is 1. The standard InChI is InChI=1S/C43H59N3O7S2/c1-2-27-6-3-4-8-38(52-19-18-47)41-28(10-9-27)11-12-29(21-37(41)50)30-13-14-36(49)39(22-30)53-40-23-31(20-33-7-5-16-45-33)34-15-17-46-43(44)35(34)26-55-54-25-32(24-48)42(40)51/h5,7,11-16,22,27-29,31-32,37-38,40-42,45-51H,2-4,6,8,17-21,23-26,44H2,1H3/t27-,28+,29-,31+,32-,37+,38-,40-,41-,42-/m0/s1. The Morgan fingerprint density at radius 1 is 1.02 bits per heavy atom. The molecule has 12 heteroatoms. The number of fused-ring (bicyclic) bond motifs is 2. The van der Waals surface area contributed by atoms with E-state index in [0.29, 0.717) is 49.1 Å². The van der Waals surface area contributed by atoms with Crippen LogP contribution in [0.1, 0.15) is 69.0 Å². The molecule has 0 saturated carbocycles. The number of phenolic OH excluding ortho intramolecular Hbond substituents is 1. The molecule has 1 aromatic heterocycles. The van der Waals surface area contributed by atoms with Gasteiger partial charge in [0, 0.05) is 71.7 Å². The number of aromatic hydroxyl groups is 1. The molecule has 10 atom stereocenters. The fourth-order valence-electron chi connectivity index (χ4n) is 8.57. The van der Waals surface area contributed by atoms with E-state index in [-0.39, 0.29) is 61.1 Å². The SMILES string of the molecule is CC[C@@H]1C#C[C@@H]2C=C[C@H](c3ccc(O)c(O[C@H]4C[C@@H](Cc5ccc[nH]5)C5=CCNC(N)=C5CSSC[C@H](CO)[C@@H]4O)c3)C[C@@H](O)[C@H]2[C@@H](OCCO)CCCC1. The number of H-pyrrole nitrogens is 1. The highest BCUT2D eigenvalue weighted by molar-refractivity contribution is 8.76. The van der Waals surface area contributed by atoms with Gasteiger partial charge in [0.15, 0.2) is 11.5 Å². The van der Waals surface area contributed by atoms with Gasteiger partial charge in [0.05, 0.1) is 31.5 Å². The first-order chi connectivity index (χ1) is 26.8. The van der Waals surface area contributed by atoms with E-state index in [4.69, 9.17) is 15.2 Å². The molecule has 0 amide bonds. The van der Waals surface area contributed by atoms with Crippen LogP contribution in [0.2, 0.25) is 0 Å². The highest BCUT2D eigenvalue weighted by Crippen LogP contribution is 2.42. The van der Waals surface area contributed by atoms with E-state index >= 15 is 0 Å². The molecule has 0 unspecified atom stereocenters. The van der Waals surface area contributed by atoms with Crippen molar-refractivity contribution in [2.75, 3.05) is 37.9 Å². The molecular formula is C43H59N3O7S2. The Kier molecular flexibility index (Phi) is 15.4. The van der Waals surface area contributed by atoms with Crippen molar-refractivity contribution in [2.45, 2.75) is 88.6 Å². The molecule has 6 rings (SSSR count). The number of rotatable bonds is 10. The third kappa shape index (κ3) is 10.7. The van der Waals surface area contributed by atoms with Crippen molar-refractivity contribution in [3.05, 3.63) is 83.0 Å². The van der Waals surface area contributed by atoms with Crippen LogP contribution in [0.4, 0.5) is 0 Å². The smallest absolute Gasteiger partial charge is 0.161 e. The molecule has 10 nitrogen and oxygen atoms in total. The van der Waals surface area contributed by atoms with Gasteiger partial charge in [0.1, 0.15) is 11.9 Å². The molecule has 0 spiro atoms. The molecule has 4 aliphatic rings. The van der Waals surface area contributed by atoms with Crippen molar-refractivity contribution < 1.29 is 35.0 Å². The molecule has 1 saturated heterocycles. The van der Waals surface area contributed by atoms with Crippen LogP contribution >= 0.6 is 21.6 Å². The summed E-state index contributed by atoms with van der Waals surface area (Å²) in [6, 6.07) is 9.32. The monoisotopic (exact) mass is 793 g/mol. The molecule has 1 fully saturated rings. The molecular weight excluding hydrogens is 735 g/mol. The van der Waals surface area contributed by atoms with Crippen LogP contribution in [-0.4, -0.2) is 92.8 Å². The van der Waals surface area contributed by atoms with Gasteiger partial charge in [-0.1, -0.05) is 77.5 Å². The number of dihydropyridines is 1. The van der Waals surface area contributed by atoms with Gasteiger partial charge in [0.25, 0.3) is 0 Å². The van der Waals surface area contributed by atoms with Gasteiger partial charge < -0.3 is 51.0 Å². The largest absolute Gasteiger partial charge is 0.504 e. The average molecular weight is 794 g/mol. The van der Waals surface area contributed by atoms with Crippen molar-refractivity contribution in [3.8, 4) is 23.3 Å². The second-order valence-electron chi connectivity index (χ2n) is 15.3. The van der Waals surface area contributed by atoms with E-state index in [9.17, 15) is 25.5 Å². The fraction of sp³-hybridized carbons (Fsp3) is 0.581. The molecule has 2 aromatic rings. The lowest BCUT2D eigenvalue weighted by Crippen LogP contribution is -2.42. The fourth-order valence-corrected chi connectivity index (χ4v) is 11.1. The molecule has 3 heterocycles. The normalized spacial score (nSPS) is 32.0. The van der Waals surface area contributed by atoms with Crippen LogP contribution in [0.3, 0.4) is 0 Å². The number of hydrogen-bond donors (Lipinski definition) is 8. The quantitative estimate of drug-likeness (QED) is 0.0880. The summed E-state index contributed by atoms with van der Waals surface area (Å²) in [6.45, 7) is 2.69. The predicted molar refractivity (Wildman–Crippen MR) is 220 cm³/mol. The first-order valence-corrected chi connectivity index (χ1v) is 22.5. The van der Waals surface area contributed by atoms with Gasteiger partial charge in [-0.25, -0.2) is 0 Å². The van der Waals surface area contributed by atoms with Gasteiger partial charge in [-0.2, -0.15) is 0 Å². The maximum Gasteiger partial charge on any atom is 0.161 e. The highest BCUT2D eigenvalue weighted by Gasteiger charge is 2.39. The number of allylic oxidation sites excluding steroid dienone is 3. The minimum absolute atomic E-state index is 0.0520. The van der Waals surface area contributed by atoms with Crippen molar-refractivity contribution in [2.24, 2.45) is 35.3 Å². The van der Waals surface area contributed by atoms with Crippen molar-refractivity contribution >= 4 is 21.6 Å². The number of aromatic amines is 1. The van der Waals surface area contributed by atoms with Crippen molar-refractivity contribution in [3.63, 3.8) is 0 Å². The number of nitrogens with one attached hydrogen (secondary N) is 2. The zero-order chi connectivity index (χ0) is 38.7. The number of benzene rings is 1. The number of ether oxygens (including phenoxy) is 2. The average Bonchev–Trinajstić information content (AvgIpc) is 3.64. The molecule has 2 aliphatic heterocycles. The van der Waals surface area contributed by atoms with E-state index in [2.05, 4.69) is 47.3 Å². The Bertz CT molecular complexity index is 1690. The predicted octanol–water partition coefficient (Wildman–Crippen LogP) is 5.40. The second-order valence-corrected chi connectivity index (χ2v) is 17.8. The Hall–Kier alpha value is -3.02. The minimum Gasteiger partial charge on any atom is -0.504 e. The van der Waals surface area contributed by atoms with E-state index in [1.807, 2.05) is 30.5 Å². The number of nitrogens with two attached hydrogens (primary N) is 1. The summed E-state index contributed by atoms with van der Waals surface area (Å²) in [5.74, 6) is 8.16. The topological polar surface area (TPSA) is 173 Å². The van der Waals surface area contributed by atoms with Crippen LogP contribution in [-0.2, 0) is 11.2 Å². The van der Waals surface area contributed by atoms with Crippen molar-refractivity contribution in [1.29, 1.82) is 0 Å². The van der Waals surface area contributed by atoms with E-state index in [1.165, 1.54) is 0 Å². The summed E-state index contributed by atoms with van der Waals surface area (Å²) in [7, 11) is 3.25. The maximum absolute atomic E-state index is 12.0. The van der Waals surface area contributed by atoms with Gasteiger partial charge in [-0.3, -0.25) is 0 Å². The molecule has 55 heavy (non-hydrogen) atoms. The molecule has 0 bridgehead atoms. The number of aliphatic hydroxyl groups excluding tert-OH is 4. The molecule has 1 aromatic carbocycles. The number of aromatic nitrogens is 1. The zero-order valence-electron chi connectivity index (χ0n) is 31.8. The summed E-state index contributed by atoms with van der Waals surface area (Å²) in [4.78, 5) is 3.34. The summed E-state index contributed by atoms with van der Waals surface area (Å²) in [5.41, 5.74) is 10.6. The third-order valence-electron chi connectivity index (χ3n) is 11.7. The molecule has 0 radical (unpaired) electrons. The summed E-state index contributed by atoms with van der Waals surface area (Å²) in [6.07, 6.45) is 11.9. The highest BCUT2D eigenvalue weighted by atomic mass is 33.1. The van der Waals surface area contributed by atoms with Crippen LogP contribution in [0.25, 0.3) is 0 Å². The summed E-state index contributed by atoms with van der Waals surface area (Å²) >= 11 is 0. The lowest BCUT2D eigenvalue weighted by atomic mass is 9.79. The van der Waals surface area contributed by atoms with E-state index < -0.39 is 24.2 Å². The molecule has 2 aliphatic carbocycles. The Morgan fingerprint density at radius 2 is 1.87 bits per heavy atom. The first kappa shape index (κ1) is 41.6. The Morgan fingerprint density at radius 3 is 2.65 bits per heavy atom. The lowest BCUT2D eigenvalue weighted by Gasteiger charge is -2.34. The van der Waals surface area contributed by atoms with Crippen LogP contribution < -0.4 is 15.8 Å². The first-order valence-electron chi connectivity index (χ1n) is 20.0. The van der Waals surface area contributed by atoms with Crippen LogP contribution in [0.15, 0.2) is 71.7 Å². The Balaban J connectivity index is 1.32. The van der Waals surface area contributed by atoms with Crippen LogP contribution in [0.5, 0.6) is 11.5 Å². The van der Waals surface area contributed by atoms with E-state index in [1.54, 1.807) is 27.7 Å². The number of aliphatic hydroxyl groups is 4. The molecule has 300 valence electrons. The van der Waals surface area contributed by atoms with E-state index in [0.717, 1.165) is 54.5 Å². The van der Waals surface area contributed by atoms with Crippen LogP contribution in [0, 0.1) is 41.4 Å². The number of hydrogen-bond acceptors (Lipinski definition) is 11. The summed E-state index contributed by atoms with van der Waals surface area (Å²) in [5, 5.41) is 58.5. The molecule has 9 N–H and O–H groups in total. The van der Waals surface area contributed by atoms with Gasteiger partial charge >= 0.3 is 0 Å². The van der Waals surface area contributed by atoms with Gasteiger partial charge in [-0.05, 0) is 79.8 Å². The second kappa shape index (κ2) is 20.4. The zero-order valence-corrected chi connectivity index (χ0v) is 33.4.